The number of halogens is 1. The number of guanidine groups is 1. The van der Waals surface area contributed by atoms with Crippen molar-refractivity contribution in [3.8, 4) is 0 Å². The molecule has 0 unspecified atom stereocenters. The number of aliphatic imine (C=N–C) groups is 1. The second-order valence-corrected chi connectivity index (χ2v) is 8.96. The summed E-state index contributed by atoms with van der Waals surface area (Å²) in [6.45, 7) is 5.70. The third-order valence-corrected chi connectivity index (χ3v) is 6.15. The Kier molecular flexibility index (Phi) is 8.56. The fourth-order valence-electron chi connectivity index (χ4n) is 1.74. The molecule has 0 amide bonds. The van der Waals surface area contributed by atoms with Crippen molar-refractivity contribution in [2.45, 2.75) is 31.1 Å². The third-order valence-electron chi connectivity index (χ3n) is 2.73. The fraction of sp³-hybridized carbons (Fsp3) is 0.385. The summed E-state index contributed by atoms with van der Waals surface area (Å²) in [7, 11) is -3.64. The van der Waals surface area contributed by atoms with Gasteiger partial charge in [0.1, 0.15) is 9.22 Å². The van der Waals surface area contributed by atoms with Gasteiger partial charge in [0.2, 0.25) is 10.0 Å². The van der Waals surface area contributed by atoms with Gasteiger partial charge < -0.3 is 10.6 Å². The Hall–Kier alpha value is -0.760. The van der Waals surface area contributed by atoms with Crippen molar-refractivity contribution >= 4 is 62.6 Å². The first-order valence-corrected chi connectivity index (χ1v) is 10.1. The maximum Gasteiger partial charge on any atom is 0.247 e. The van der Waals surface area contributed by atoms with Crippen molar-refractivity contribution in [1.29, 1.82) is 0 Å². The highest BCUT2D eigenvalue weighted by Gasteiger charge is 2.11. The van der Waals surface area contributed by atoms with Crippen LogP contribution in [-0.2, 0) is 23.1 Å². The summed E-state index contributed by atoms with van der Waals surface area (Å²) in [5, 5.41) is 12.4. The second kappa shape index (κ2) is 9.65. The number of rotatable bonds is 6. The van der Waals surface area contributed by atoms with Gasteiger partial charge in [0.25, 0.3) is 0 Å². The van der Waals surface area contributed by atoms with Crippen LogP contribution in [0.4, 0.5) is 0 Å². The molecule has 0 saturated carbocycles. The Morgan fingerprint density at radius 2 is 2.08 bits per heavy atom. The topological polar surface area (TPSA) is 109 Å². The van der Waals surface area contributed by atoms with E-state index in [9.17, 15) is 8.42 Å². The first-order chi connectivity index (χ1) is 10.9. The van der Waals surface area contributed by atoms with Crippen molar-refractivity contribution in [1.82, 2.24) is 15.6 Å². The normalized spacial score (nSPS) is 11.9. The summed E-state index contributed by atoms with van der Waals surface area (Å²) in [6.07, 6.45) is 1.84. The zero-order valence-electron chi connectivity index (χ0n) is 13.3. The van der Waals surface area contributed by atoms with E-state index in [0.717, 1.165) is 32.6 Å². The molecule has 2 heterocycles. The molecule has 0 bridgehead atoms. The van der Waals surface area contributed by atoms with Crippen LogP contribution in [0.15, 0.2) is 27.5 Å². The molecule has 0 saturated heterocycles. The quantitative estimate of drug-likeness (QED) is 0.319. The summed E-state index contributed by atoms with van der Waals surface area (Å²) in [5.74, 6) is 0.658. The van der Waals surface area contributed by atoms with Crippen molar-refractivity contribution in [3.63, 3.8) is 0 Å². The van der Waals surface area contributed by atoms with Crippen molar-refractivity contribution in [2.24, 2.45) is 10.1 Å². The molecule has 0 aliphatic rings. The first kappa shape index (κ1) is 21.3. The van der Waals surface area contributed by atoms with E-state index in [0.29, 0.717) is 19.0 Å². The minimum absolute atomic E-state index is 0. The molecule has 134 valence electrons. The Morgan fingerprint density at radius 3 is 2.62 bits per heavy atom. The highest BCUT2D eigenvalue weighted by Crippen LogP contribution is 2.20. The predicted molar refractivity (Wildman–Crippen MR) is 110 cm³/mol. The van der Waals surface area contributed by atoms with Crippen LogP contribution in [0.25, 0.3) is 0 Å². The Labute approximate surface area is 166 Å². The lowest BCUT2D eigenvalue weighted by Crippen LogP contribution is -2.36. The van der Waals surface area contributed by atoms with Gasteiger partial charge in [0, 0.05) is 22.5 Å². The molecule has 11 heteroatoms. The van der Waals surface area contributed by atoms with Crippen LogP contribution >= 0.6 is 46.7 Å². The van der Waals surface area contributed by atoms with Gasteiger partial charge in [-0.15, -0.1) is 46.7 Å². The number of thiazole rings is 1. The predicted octanol–water partition coefficient (Wildman–Crippen LogP) is 2.03. The lowest BCUT2D eigenvalue weighted by atomic mass is 10.5. The van der Waals surface area contributed by atoms with E-state index in [-0.39, 0.29) is 28.2 Å². The van der Waals surface area contributed by atoms with Crippen LogP contribution in [0.5, 0.6) is 0 Å². The number of nitrogens with two attached hydrogens (primary N) is 1. The first-order valence-electron chi connectivity index (χ1n) is 6.93. The largest absolute Gasteiger partial charge is 0.357 e. The second-order valence-electron chi connectivity index (χ2n) is 4.68. The van der Waals surface area contributed by atoms with Crippen LogP contribution in [-0.4, -0.2) is 25.9 Å². The van der Waals surface area contributed by atoms with Gasteiger partial charge in [-0.1, -0.05) is 0 Å². The standard InChI is InChI=1S/C13H19N5O2S3.HI/c1-3-15-13(18-8-11-16-6-9(2)21-11)17-7-10-4-5-12(22-10)23(14,19)20;/h4-6H,3,7-8H2,1-2H3,(H2,14,19,20)(H2,15,17,18);1H. The SMILES string of the molecule is CCNC(=NCc1ccc(S(N)(=O)=O)s1)NCc1ncc(C)s1.I. The maximum atomic E-state index is 11.3. The number of hydrogen-bond donors (Lipinski definition) is 3. The average Bonchev–Trinajstić information content (AvgIpc) is 3.10. The van der Waals surface area contributed by atoms with Gasteiger partial charge in [0.05, 0.1) is 13.1 Å². The highest BCUT2D eigenvalue weighted by atomic mass is 127. The molecule has 0 radical (unpaired) electrons. The van der Waals surface area contributed by atoms with Gasteiger partial charge >= 0.3 is 0 Å². The monoisotopic (exact) mass is 501 g/mol. The third kappa shape index (κ3) is 6.63. The van der Waals surface area contributed by atoms with Crippen molar-refractivity contribution < 1.29 is 8.42 Å². The minimum Gasteiger partial charge on any atom is -0.357 e. The van der Waals surface area contributed by atoms with Gasteiger partial charge in [-0.05, 0) is 26.0 Å². The Balaban J connectivity index is 0.00000288. The molecule has 0 fully saturated rings. The van der Waals surface area contributed by atoms with E-state index < -0.39 is 10.0 Å². The number of primary sulfonamides is 1. The van der Waals surface area contributed by atoms with Gasteiger partial charge in [0.15, 0.2) is 5.96 Å². The summed E-state index contributed by atoms with van der Waals surface area (Å²) in [5.41, 5.74) is 0. The molecule has 0 spiro atoms. The molecule has 2 aromatic rings. The molecule has 2 rings (SSSR count). The van der Waals surface area contributed by atoms with E-state index in [1.54, 1.807) is 17.4 Å². The van der Waals surface area contributed by atoms with E-state index >= 15 is 0 Å². The molecule has 7 nitrogen and oxygen atoms in total. The fourth-order valence-corrected chi connectivity index (χ4v) is 4.17. The molecular formula is C13H20IN5O2S3. The van der Waals surface area contributed by atoms with Crippen LogP contribution in [0, 0.1) is 6.92 Å². The lowest BCUT2D eigenvalue weighted by Gasteiger charge is -2.09. The summed E-state index contributed by atoms with van der Waals surface area (Å²) in [4.78, 5) is 10.7. The number of aromatic nitrogens is 1. The molecular weight excluding hydrogens is 481 g/mol. The number of aryl methyl sites for hydroxylation is 1. The molecule has 0 atom stereocenters. The molecule has 0 aliphatic heterocycles. The smallest absolute Gasteiger partial charge is 0.247 e. The summed E-state index contributed by atoms with van der Waals surface area (Å²) >= 11 is 2.77. The zero-order chi connectivity index (χ0) is 16.9. The summed E-state index contributed by atoms with van der Waals surface area (Å²) in [6, 6.07) is 3.23. The lowest BCUT2D eigenvalue weighted by molar-refractivity contribution is 0.600. The molecule has 0 aliphatic carbocycles. The van der Waals surface area contributed by atoms with Crippen LogP contribution in [0.1, 0.15) is 21.7 Å². The Morgan fingerprint density at radius 1 is 1.33 bits per heavy atom. The maximum absolute atomic E-state index is 11.3. The average molecular weight is 501 g/mol. The number of nitrogens with one attached hydrogen (secondary N) is 2. The number of thiophene rings is 1. The highest BCUT2D eigenvalue weighted by molar-refractivity contribution is 14.0. The summed E-state index contributed by atoms with van der Waals surface area (Å²) < 4.78 is 22.7. The number of sulfonamides is 1. The minimum atomic E-state index is -3.64. The van der Waals surface area contributed by atoms with Crippen molar-refractivity contribution in [2.75, 3.05) is 6.54 Å². The zero-order valence-corrected chi connectivity index (χ0v) is 18.1. The molecule has 4 N–H and O–H groups in total. The van der Waals surface area contributed by atoms with Crippen molar-refractivity contribution in [3.05, 3.63) is 33.1 Å². The van der Waals surface area contributed by atoms with Crippen LogP contribution in [0.2, 0.25) is 0 Å². The van der Waals surface area contributed by atoms with Gasteiger partial charge in [-0.2, -0.15) is 0 Å². The van der Waals surface area contributed by atoms with E-state index in [4.69, 9.17) is 5.14 Å². The van der Waals surface area contributed by atoms with E-state index in [2.05, 4.69) is 20.6 Å². The Bertz CT molecular complexity index is 785. The molecule has 0 aromatic carbocycles. The molecule has 24 heavy (non-hydrogen) atoms. The van der Waals surface area contributed by atoms with Crippen LogP contribution < -0.4 is 15.8 Å². The van der Waals surface area contributed by atoms with Crippen LogP contribution in [0.3, 0.4) is 0 Å². The molecule has 2 aromatic heterocycles. The number of nitrogens with zero attached hydrogens (tertiary/aromatic N) is 2. The van der Waals surface area contributed by atoms with E-state index in [1.807, 2.05) is 20.0 Å². The van der Waals surface area contributed by atoms with E-state index in [1.165, 1.54) is 6.07 Å². The van der Waals surface area contributed by atoms with Gasteiger partial charge in [-0.3, -0.25) is 0 Å². The van der Waals surface area contributed by atoms with Gasteiger partial charge in [-0.25, -0.2) is 23.5 Å². The number of hydrogen-bond acceptors (Lipinski definition) is 6.